The van der Waals surface area contributed by atoms with Crippen molar-refractivity contribution in [1.82, 2.24) is 10.5 Å². The van der Waals surface area contributed by atoms with Gasteiger partial charge < -0.3 is 19.5 Å². The average Bonchev–Trinajstić information content (AvgIpc) is 3.24. The molecule has 1 fully saturated rings. The number of rotatable bonds is 5. The number of hydrogen-bond acceptors (Lipinski definition) is 5. The Morgan fingerprint density at radius 1 is 1.50 bits per heavy atom. The molecule has 2 aromatic rings. The standard InChI is InChI=1S/C17H20ClN3O3/c1-11-3-4-13(18)7-14(11)21-6-5-12(10-21)9-19-17(22)15-8-16(23-2)20-24-15/h3-4,7-8,12H,5-6,9-10H2,1-2H3,(H,19,22). The van der Waals surface area contributed by atoms with Gasteiger partial charge in [0.15, 0.2) is 0 Å². The third-order valence-corrected chi connectivity index (χ3v) is 4.51. The molecule has 0 spiro atoms. The number of nitrogens with zero attached hydrogens (tertiary/aromatic N) is 2. The van der Waals surface area contributed by atoms with E-state index in [2.05, 4.69) is 22.3 Å². The topological polar surface area (TPSA) is 67.6 Å². The first-order chi connectivity index (χ1) is 11.6. The molecule has 24 heavy (non-hydrogen) atoms. The second-order valence-electron chi connectivity index (χ2n) is 5.98. The van der Waals surface area contributed by atoms with E-state index in [0.29, 0.717) is 18.3 Å². The molecule has 1 atom stereocenters. The van der Waals surface area contributed by atoms with Crippen LogP contribution in [-0.4, -0.2) is 37.8 Å². The number of aromatic nitrogens is 1. The summed E-state index contributed by atoms with van der Waals surface area (Å²) >= 11 is 6.11. The number of hydrogen-bond donors (Lipinski definition) is 1. The number of nitrogens with one attached hydrogen (secondary N) is 1. The van der Waals surface area contributed by atoms with Crippen molar-refractivity contribution in [1.29, 1.82) is 0 Å². The lowest BCUT2D eigenvalue weighted by atomic mass is 10.1. The highest BCUT2D eigenvalue weighted by molar-refractivity contribution is 6.30. The van der Waals surface area contributed by atoms with Crippen LogP contribution in [0.5, 0.6) is 5.88 Å². The maximum Gasteiger partial charge on any atom is 0.290 e. The average molecular weight is 350 g/mol. The number of benzene rings is 1. The first kappa shape index (κ1) is 16.6. The summed E-state index contributed by atoms with van der Waals surface area (Å²) in [7, 11) is 1.48. The van der Waals surface area contributed by atoms with Crippen LogP contribution in [0.4, 0.5) is 5.69 Å². The molecule has 1 N–H and O–H groups in total. The maximum atomic E-state index is 12.0. The molecule has 1 aliphatic heterocycles. The Morgan fingerprint density at radius 2 is 2.33 bits per heavy atom. The third-order valence-electron chi connectivity index (χ3n) is 4.27. The molecule has 6 nitrogen and oxygen atoms in total. The van der Waals surface area contributed by atoms with Gasteiger partial charge in [0.2, 0.25) is 5.76 Å². The minimum atomic E-state index is -0.275. The molecular formula is C17H20ClN3O3. The molecule has 1 aromatic heterocycles. The van der Waals surface area contributed by atoms with Gasteiger partial charge in [-0.1, -0.05) is 17.7 Å². The summed E-state index contributed by atoms with van der Waals surface area (Å²) < 4.78 is 9.84. The van der Waals surface area contributed by atoms with Crippen LogP contribution in [-0.2, 0) is 0 Å². The van der Waals surface area contributed by atoms with E-state index in [4.69, 9.17) is 20.9 Å². The lowest BCUT2D eigenvalue weighted by Gasteiger charge is -2.21. The highest BCUT2D eigenvalue weighted by Crippen LogP contribution is 2.29. The summed E-state index contributed by atoms with van der Waals surface area (Å²) in [6.45, 7) is 4.52. The maximum absolute atomic E-state index is 12.0. The Labute approximate surface area is 145 Å². The number of carbonyl (C=O) groups excluding carboxylic acids is 1. The van der Waals surface area contributed by atoms with Crippen molar-refractivity contribution in [3.63, 3.8) is 0 Å². The number of methoxy groups -OCH3 is 1. The lowest BCUT2D eigenvalue weighted by molar-refractivity contribution is 0.0911. The Bertz CT molecular complexity index is 732. The smallest absolute Gasteiger partial charge is 0.290 e. The van der Waals surface area contributed by atoms with Gasteiger partial charge in [-0.15, -0.1) is 0 Å². The molecule has 0 aliphatic carbocycles. The number of anilines is 1. The number of ether oxygens (including phenoxy) is 1. The van der Waals surface area contributed by atoms with Crippen LogP contribution in [0.25, 0.3) is 0 Å². The molecular weight excluding hydrogens is 330 g/mol. The zero-order chi connectivity index (χ0) is 17.1. The summed E-state index contributed by atoms with van der Waals surface area (Å²) in [4.78, 5) is 14.4. The highest BCUT2D eigenvalue weighted by Gasteiger charge is 2.25. The molecule has 0 saturated carbocycles. The van der Waals surface area contributed by atoms with E-state index in [1.807, 2.05) is 18.2 Å². The predicted molar refractivity (Wildman–Crippen MR) is 91.9 cm³/mol. The molecule has 0 radical (unpaired) electrons. The van der Waals surface area contributed by atoms with Gasteiger partial charge in [0.1, 0.15) is 0 Å². The number of amides is 1. The molecule has 1 saturated heterocycles. The molecule has 1 aliphatic rings. The van der Waals surface area contributed by atoms with Crippen LogP contribution < -0.4 is 15.0 Å². The van der Waals surface area contributed by atoms with E-state index in [1.165, 1.54) is 18.7 Å². The van der Waals surface area contributed by atoms with Crippen LogP contribution in [0.1, 0.15) is 22.5 Å². The minimum Gasteiger partial charge on any atom is -0.479 e. The minimum absolute atomic E-state index is 0.160. The number of aryl methyl sites for hydroxylation is 1. The Morgan fingerprint density at radius 3 is 3.08 bits per heavy atom. The van der Waals surface area contributed by atoms with Gasteiger partial charge in [0.05, 0.1) is 13.2 Å². The summed E-state index contributed by atoms with van der Waals surface area (Å²) in [5.41, 5.74) is 2.37. The quantitative estimate of drug-likeness (QED) is 0.899. The van der Waals surface area contributed by atoms with Gasteiger partial charge in [-0.3, -0.25) is 4.79 Å². The van der Waals surface area contributed by atoms with Crippen LogP contribution in [0.3, 0.4) is 0 Å². The fraction of sp³-hybridized carbons (Fsp3) is 0.412. The first-order valence-corrected chi connectivity index (χ1v) is 8.24. The van der Waals surface area contributed by atoms with Gasteiger partial charge in [-0.2, -0.15) is 0 Å². The van der Waals surface area contributed by atoms with Crippen LogP contribution in [0, 0.1) is 12.8 Å². The Balaban J connectivity index is 1.54. The van der Waals surface area contributed by atoms with Crippen LogP contribution in [0.2, 0.25) is 5.02 Å². The van der Waals surface area contributed by atoms with E-state index >= 15 is 0 Å². The van der Waals surface area contributed by atoms with Crippen molar-refractivity contribution in [2.45, 2.75) is 13.3 Å². The van der Waals surface area contributed by atoms with E-state index in [1.54, 1.807) is 0 Å². The summed E-state index contributed by atoms with van der Waals surface area (Å²) in [6.07, 6.45) is 1.02. The molecule has 1 amide bonds. The van der Waals surface area contributed by atoms with Gasteiger partial charge in [-0.25, -0.2) is 0 Å². The second kappa shape index (κ2) is 7.13. The van der Waals surface area contributed by atoms with Gasteiger partial charge in [0.25, 0.3) is 11.8 Å². The number of carbonyl (C=O) groups is 1. The van der Waals surface area contributed by atoms with Crippen molar-refractivity contribution in [3.05, 3.63) is 40.6 Å². The van der Waals surface area contributed by atoms with Crippen molar-refractivity contribution >= 4 is 23.2 Å². The largest absolute Gasteiger partial charge is 0.479 e. The van der Waals surface area contributed by atoms with Gasteiger partial charge in [0, 0.05) is 30.3 Å². The van der Waals surface area contributed by atoms with Crippen LogP contribution in [0.15, 0.2) is 28.8 Å². The van der Waals surface area contributed by atoms with E-state index in [-0.39, 0.29) is 11.7 Å². The van der Waals surface area contributed by atoms with Crippen molar-refractivity contribution in [2.24, 2.45) is 5.92 Å². The Kier molecular flexibility index (Phi) is 4.94. The molecule has 2 heterocycles. The third kappa shape index (κ3) is 3.64. The van der Waals surface area contributed by atoms with E-state index < -0.39 is 0 Å². The summed E-state index contributed by atoms with van der Waals surface area (Å²) in [5, 5.41) is 7.26. The SMILES string of the molecule is COc1cc(C(=O)NCC2CCN(c3cc(Cl)ccc3C)C2)on1. The Hall–Kier alpha value is -2.21. The number of halogens is 1. The fourth-order valence-electron chi connectivity index (χ4n) is 2.93. The molecule has 1 aromatic carbocycles. The van der Waals surface area contributed by atoms with E-state index in [0.717, 1.165) is 30.2 Å². The molecule has 1 unspecified atom stereocenters. The molecule has 3 rings (SSSR count). The van der Waals surface area contributed by atoms with Gasteiger partial charge >= 0.3 is 0 Å². The summed E-state index contributed by atoms with van der Waals surface area (Å²) in [5.74, 6) is 0.566. The fourth-order valence-corrected chi connectivity index (χ4v) is 3.09. The molecule has 7 heteroatoms. The summed E-state index contributed by atoms with van der Waals surface area (Å²) in [6, 6.07) is 7.41. The van der Waals surface area contributed by atoms with Crippen molar-refractivity contribution in [2.75, 3.05) is 31.6 Å². The van der Waals surface area contributed by atoms with Crippen molar-refractivity contribution < 1.29 is 14.1 Å². The zero-order valence-electron chi connectivity index (χ0n) is 13.7. The predicted octanol–water partition coefficient (Wildman–Crippen LogP) is 2.90. The van der Waals surface area contributed by atoms with Crippen molar-refractivity contribution in [3.8, 4) is 5.88 Å². The highest BCUT2D eigenvalue weighted by atomic mass is 35.5. The van der Waals surface area contributed by atoms with Gasteiger partial charge in [-0.05, 0) is 42.1 Å². The van der Waals surface area contributed by atoms with E-state index in [9.17, 15) is 4.79 Å². The zero-order valence-corrected chi connectivity index (χ0v) is 14.5. The second-order valence-corrected chi connectivity index (χ2v) is 6.41. The monoisotopic (exact) mass is 349 g/mol. The first-order valence-electron chi connectivity index (χ1n) is 7.87. The normalized spacial score (nSPS) is 17.1. The lowest BCUT2D eigenvalue weighted by Crippen LogP contribution is -2.30. The van der Waals surface area contributed by atoms with Crippen LogP contribution >= 0.6 is 11.6 Å². The molecule has 0 bridgehead atoms. The molecule has 128 valence electrons.